The highest BCUT2D eigenvalue weighted by Gasteiger charge is 2.36. The Morgan fingerprint density at radius 3 is 2.73 bits per heavy atom. The van der Waals surface area contributed by atoms with E-state index in [2.05, 4.69) is 4.83 Å². The number of imide groups is 1. The quantitative estimate of drug-likeness (QED) is 0.240. The van der Waals surface area contributed by atoms with Crippen molar-refractivity contribution in [2.75, 3.05) is 7.05 Å². The molecule has 0 bridgehead atoms. The molecule has 2 amide bonds. The van der Waals surface area contributed by atoms with Crippen LogP contribution in [0.15, 0.2) is 0 Å². The number of hydrazine groups is 1. The molecular formula is C5H9N3O2S. The third-order valence-electron chi connectivity index (χ3n) is 1.55. The monoisotopic (exact) mass is 175 g/mol. The second-order valence-electron chi connectivity index (χ2n) is 2.22. The molecule has 1 fully saturated rings. The predicted molar refractivity (Wildman–Crippen MR) is 41.1 cm³/mol. The van der Waals surface area contributed by atoms with Crippen LogP contribution >= 0.6 is 11.9 Å². The van der Waals surface area contributed by atoms with Crippen LogP contribution in [0.4, 0.5) is 0 Å². The molecule has 1 aliphatic heterocycles. The molecule has 5 nitrogen and oxygen atoms in total. The predicted octanol–water partition coefficient (Wildman–Crippen LogP) is -1.14. The summed E-state index contributed by atoms with van der Waals surface area (Å²) in [5.74, 6) is 4.66. The van der Waals surface area contributed by atoms with Gasteiger partial charge in [-0.25, -0.2) is 4.83 Å². The first-order valence-electron chi connectivity index (χ1n) is 3.08. The van der Waals surface area contributed by atoms with E-state index in [0.717, 1.165) is 16.8 Å². The van der Waals surface area contributed by atoms with Crippen molar-refractivity contribution in [3.8, 4) is 0 Å². The molecule has 1 aliphatic rings. The average molecular weight is 175 g/mol. The minimum atomic E-state index is -0.350. The summed E-state index contributed by atoms with van der Waals surface area (Å²) >= 11 is 1.07. The maximum Gasteiger partial charge on any atom is 0.243 e. The molecule has 3 N–H and O–H groups in total. The second-order valence-corrected chi connectivity index (χ2v) is 3.26. The molecule has 62 valence electrons. The zero-order chi connectivity index (χ0) is 8.43. The summed E-state index contributed by atoms with van der Waals surface area (Å²) in [5.41, 5.74) is 0. The highest BCUT2D eigenvalue weighted by atomic mass is 32.2. The van der Waals surface area contributed by atoms with E-state index in [1.54, 1.807) is 0 Å². The van der Waals surface area contributed by atoms with Gasteiger partial charge in [0.15, 0.2) is 0 Å². The Kier molecular flexibility index (Phi) is 2.48. The molecule has 0 radical (unpaired) electrons. The fraction of sp³-hybridized carbons (Fsp3) is 0.600. The van der Waals surface area contributed by atoms with E-state index in [9.17, 15) is 9.59 Å². The van der Waals surface area contributed by atoms with Gasteiger partial charge < -0.3 is 0 Å². The molecule has 1 saturated heterocycles. The van der Waals surface area contributed by atoms with Crippen LogP contribution in [0.1, 0.15) is 6.42 Å². The van der Waals surface area contributed by atoms with Gasteiger partial charge in [-0.05, 0) is 0 Å². The first-order chi connectivity index (χ1) is 5.16. The number of nitrogens with one attached hydrogen (secondary N) is 1. The summed E-state index contributed by atoms with van der Waals surface area (Å²) in [7, 11) is 1.47. The molecule has 1 rings (SSSR count). The molecule has 11 heavy (non-hydrogen) atoms. The Labute approximate surface area is 68.4 Å². The number of nitrogens with zero attached hydrogens (tertiary/aromatic N) is 1. The number of hydrogen-bond donors (Lipinski definition) is 2. The third-order valence-corrected chi connectivity index (χ3v) is 2.34. The van der Waals surface area contributed by atoms with Crippen molar-refractivity contribution in [3.63, 3.8) is 0 Å². The minimum Gasteiger partial charge on any atom is -0.285 e. The third kappa shape index (κ3) is 1.52. The number of likely N-dealkylation sites (tertiary alicyclic amines) is 1. The van der Waals surface area contributed by atoms with Crippen LogP contribution in [0.2, 0.25) is 0 Å². The second kappa shape index (κ2) is 3.21. The smallest absolute Gasteiger partial charge is 0.243 e. The molecule has 0 saturated carbocycles. The van der Waals surface area contributed by atoms with Gasteiger partial charge in [0.25, 0.3) is 0 Å². The number of nitrogens with two attached hydrogens (primary N) is 1. The van der Waals surface area contributed by atoms with Gasteiger partial charge in [-0.3, -0.25) is 20.3 Å². The molecule has 1 heterocycles. The first-order valence-corrected chi connectivity index (χ1v) is 3.96. The van der Waals surface area contributed by atoms with Crippen LogP contribution in [0.25, 0.3) is 0 Å². The van der Waals surface area contributed by atoms with E-state index in [0.29, 0.717) is 0 Å². The Morgan fingerprint density at radius 1 is 1.73 bits per heavy atom. The molecule has 6 heteroatoms. The van der Waals surface area contributed by atoms with Gasteiger partial charge >= 0.3 is 0 Å². The zero-order valence-corrected chi connectivity index (χ0v) is 6.85. The van der Waals surface area contributed by atoms with Crippen molar-refractivity contribution in [2.24, 2.45) is 5.84 Å². The summed E-state index contributed by atoms with van der Waals surface area (Å²) in [5, 5.41) is -0.350. The summed E-state index contributed by atoms with van der Waals surface area (Å²) in [6, 6.07) is 0. The maximum absolute atomic E-state index is 11.1. The number of carbonyl (C=O) groups is 2. The molecular weight excluding hydrogens is 166 g/mol. The average Bonchev–Trinajstić information content (AvgIpc) is 2.19. The lowest BCUT2D eigenvalue weighted by Crippen LogP contribution is -2.28. The largest absolute Gasteiger partial charge is 0.285 e. The Hall–Kier alpha value is -0.590. The molecule has 1 unspecified atom stereocenters. The van der Waals surface area contributed by atoms with Gasteiger partial charge in [0.1, 0.15) is 5.25 Å². The standard InChI is InChI=1S/C5H9N3O2S/c1-8-4(9)2-3(5(8)10)11-7-6/h3,7H,2,6H2,1H3. The van der Waals surface area contributed by atoms with Gasteiger partial charge in [0.05, 0.1) is 0 Å². The Bertz CT molecular complexity index is 196. The number of rotatable bonds is 2. The molecule has 0 aromatic carbocycles. The minimum absolute atomic E-state index is 0.150. The number of carbonyl (C=O) groups excluding carboxylic acids is 2. The van der Waals surface area contributed by atoms with E-state index < -0.39 is 0 Å². The first kappa shape index (κ1) is 8.51. The van der Waals surface area contributed by atoms with Gasteiger partial charge in [0.2, 0.25) is 11.8 Å². The lowest BCUT2D eigenvalue weighted by Gasteiger charge is -2.06. The normalized spacial score (nSPS) is 24.9. The van der Waals surface area contributed by atoms with E-state index in [1.807, 2.05) is 0 Å². The van der Waals surface area contributed by atoms with Gasteiger partial charge in [-0.1, -0.05) is 11.9 Å². The van der Waals surface area contributed by atoms with Crippen molar-refractivity contribution in [3.05, 3.63) is 0 Å². The molecule has 0 aliphatic carbocycles. The molecule has 0 spiro atoms. The van der Waals surface area contributed by atoms with Gasteiger partial charge in [0, 0.05) is 13.5 Å². The SMILES string of the molecule is CN1C(=O)CC(SNN)C1=O. The Morgan fingerprint density at radius 2 is 2.36 bits per heavy atom. The summed E-state index contributed by atoms with van der Waals surface area (Å²) < 4.78 is 0. The lowest BCUT2D eigenvalue weighted by atomic mass is 10.4. The van der Waals surface area contributed by atoms with E-state index in [4.69, 9.17) is 5.84 Å². The van der Waals surface area contributed by atoms with Gasteiger partial charge in [-0.2, -0.15) is 0 Å². The number of amides is 2. The maximum atomic E-state index is 11.1. The van der Waals surface area contributed by atoms with Crippen LogP contribution in [0, 0.1) is 0 Å². The van der Waals surface area contributed by atoms with Crippen molar-refractivity contribution in [1.29, 1.82) is 0 Å². The van der Waals surface area contributed by atoms with Crippen LogP contribution in [-0.4, -0.2) is 29.0 Å². The van der Waals surface area contributed by atoms with Crippen LogP contribution in [-0.2, 0) is 9.59 Å². The van der Waals surface area contributed by atoms with Gasteiger partial charge in [-0.15, -0.1) is 0 Å². The van der Waals surface area contributed by atoms with Crippen LogP contribution < -0.4 is 10.7 Å². The van der Waals surface area contributed by atoms with E-state index in [-0.39, 0.29) is 23.5 Å². The van der Waals surface area contributed by atoms with Crippen molar-refractivity contribution < 1.29 is 9.59 Å². The Balaban J connectivity index is 2.60. The molecule has 0 aromatic rings. The molecule has 0 aromatic heterocycles. The van der Waals surface area contributed by atoms with Crippen molar-refractivity contribution in [1.82, 2.24) is 9.73 Å². The summed E-state index contributed by atoms with van der Waals surface area (Å²) in [4.78, 5) is 25.4. The van der Waals surface area contributed by atoms with Crippen molar-refractivity contribution in [2.45, 2.75) is 11.7 Å². The highest BCUT2D eigenvalue weighted by Crippen LogP contribution is 2.20. The number of hydrogen-bond acceptors (Lipinski definition) is 5. The lowest BCUT2D eigenvalue weighted by molar-refractivity contribution is -0.136. The fourth-order valence-electron chi connectivity index (χ4n) is 0.896. The zero-order valence-electron chi connectivity index (χ0n) is 6.03. The topological polar surface area (TPSA) is 75.4 Å². The fourth-order valence-corrected chi connectivity index (χ4v) is 1.55. The summed E-state index contributed by atoms with van der Waals surface area (Å²) in [6.45, 7) is 0. The van der Waals surface area contributed by atoms with Crippen molar-refractivity contribution >= 4 is 23.8 Å². The van der Waals surface area contributed by atoms with Crippen LogP contribution in [0.5, 0.6) is 0 Å². The highest BCUT2D eigenvalue weighted by molar-refractivity contribution is 7.98. The molecule has 1 atom stereocenters. The summed E-state index contributed by atoms with van der Waals surface area (Å²) in [6.07, 6.45) is 0.240. The van der Waals surface area contributed by atoms with E-state index in [1.165, 1.54) is 7.05 Å². The van der Waals surface area contributed by atoms with E-state index >= 15 is 0 Å². The van der Waals surface area contributed by atoms with Crippen LogP contribution in [0.3, 0.4) is 0 Å².